The molecule has 0 aliphatic heterocycles. The Bertz CT molecular complexity index is 202. The van der Waals surface area contributed by atoms with E-state index in [-0.39, 0.29) is 6.42 Å². The van der Waals surface area contributed by atoms with Crippen molar-refractivity contribution in [1.82, 2.24) is 5.32 Å². The molecule has 0 bridgehead atoms. The minimum atomic E-state index is -4.27. The Morgan fingerprint density at radius 2 is 2.00 bits per heavy atom. The van der Waals surface area contributed by atoms with Crippen LogP contribution in [-0.4, -0.2) is 36.6 Å². The van der Waals surface area contributed by atoms with Gasteiger partial charge in [-0.3, -0.25) is 4.55 Å². The first kappa shape index (κ1) is 11.8. The highest BCUT2D eigenvalue weighted by Gasteiger charge is 2.17. The molecule has 12 heavy (non-hydrogen) atoms. The van der Waals surface area contributed by atoms with Gasteiger partial charge in [-0.15, -0.1) is 0 Å². The highest BCUT2D eigenvalue weighted by atomic mass is 32.2. The molecule has 1 unspecified atom stereocenters. The molecule has 0 aliphatic carbocycles. The fraction of sp³-hybridized carbons (Fsp3) is 1.00. The second kappa shape index (κ2) is 5.47. The molecule has 6 heteroatoms. The van der Waals surface area contributed by atoms with Crippen molar-refractivity contribution in [2.75, 3.05) is 13.1 Å². The lowest BCUT2D eigenvalue weighted by atomic mass is 10.4. The first-order chi connectivity index (χ1) is 5.48. The third-order valence-corrected chi connectivity index (χ3v) is 2.26. The van der Waals surface area contributed by atoms with Crippen molar-refractivity contribution in [2.45, 2.75) is 25.2 Å². The summed E-state index contributed by atoms with van der Waals surface area (Å²) >= 11 is 0. The van der Waals surface area contributed by atoms with Gasteiger partial charge in [0.15, 0.2) is 5.44 Å². The van der Waals surface area contributed by atoms with E-state index in [1.807, 2.05) is 6.92 Å². The normalized spacial score (nSPS) is 14.6. The molecule has 0 spiro atoms. The minimum absolute atomic E-state index is 0.0127. The summed E-state index contributed by atoms with van der Waals surface area (Å²) in [6.45, 7) is 3.14. The smallest absolute Gasteiger partial charge is 0.292 e. The summed E-state index contributed by atoms with van der Waals surface area (Å²) in [4.78, 5) is 0. The van der Waals surface area contributed by atoms with Gasteiger partial charge in [0.2, 0.25) is 0 Å². The lowest BCUT2D eigenvalue weighted by Crippen LogP contribution is -2.26. The molecule has 5 nitrogen and oxygen atoms in total. The topological polar surface area (TPSA) is 86.6 Å². The van der Waals surface area contributed by atoms with Crippen molar-refractivity contribution in [3.05, 3.63) is 0 Å². The third-order valence-electron chi connectivity index (χ3n) is 1.34. The Morgan fingerprint density at radius 1 is 1.42 bits per heavy atom. The van der Waals surface area contributed by atoms with Crippen molar-refractivity contribution in [3.63, 3.8) is 0 Å². The van der Waals surface area contributed by atoms with E-state index in [1.54, 1.807) is 0 Å². The summed E-state index contributed by atoms with van der Waals surface area (Å²) in [6, 6.07) is 0. The maximum atomic E-state index is 10.3. The second-order valence-corrected chi connectivity index (χ2v) is 4.08. The molecule has 0 rings (SSSR count). The first-order valence-electron chi connectivity index (χ1n) is 3.83. The highest BCUT2D eigenvalue weighted by Crippen LogP contribution is 1.97. The van der Waals surface area contributed by atoms with Gasteiger partial charge in [-0.1, -0.05) is 6.92 Å². The van der Waals surface area contributed by atoms with E-state index in [2.05, 4.69) is 5.32 Å². The van der Waals surface area contributed by atoms with E-state index in [9.17, 15) is 8.42 Å². The van der Waals surface area contributed by atoms with Gasteiger partial charge in [0.25, 0.3) is 10.1 Å². The van der Waals surface area contributed by atoms with Gasteiger partial charge in [-0.25, -0.2) is 0 Å². The van der Waals surface area contributed by atoms with Crippen LogP contribution in [0.15, 0.2) is 0 Å². The molecule has 0 saturated heterocycles. The molecule has 0 saturated carbocycles. The summed E-state index contributed by atoms with van der Waals surface area (Å²) < 4.78 is 28.9. The Balaban J connectivity index is 3.52. The first-order valence-corrected chi connectivity index (χ1v) is 5.34. The van der Waals surface area contributed by atoms with E-state index >= 15 is 0 Å². The van der Waals surface area contributed by atoms with Crippen molar-refractivity contribution in [1.29, 1.82) is 0 Å². The summed E-state index contributed by atoms with van der Waals surface area (Å²) in [6.07, 6.45) is 0.959. The van der Waals surface area contributed by atoms with Gasteiger partial charge in [0.1, 0.15) is 0 Å². The van der Waals surface area contributed by atoms with Crippen molar-refractivity contribution >= 4 is 10.1 Å². The van der Waals surface area contributed by atoms with Crippen LogP contribution < -0.4 is 5.32 Å². The standard InChI is InChI=1S/C6H15NO4S/c1-2-4-7-5-3-6(8)12(9,10)11/h6-8H,2-5H2,1H3,(H,9,10,11). The molecule has 0 aliphatic rings. The zero-order chi connectivity index (χ0) is 9.61. The minimum Gasteiger partial charge on any atom is -0.375 e. The van der Waals surface area contributed by atoms with Crippen LogP contribution in [0.5, 0.6) is 0 Å². The van der Waals surface area contributed by atoms with Crippen LogP contribution in [0, 0.1) is 0 Å². The van der Waals surface area contributed by atoms with Gasteiger partial charge in [-0.2, -0.15) is 8.42 Å². The van der Waals surface area contributed by atoms with Crippen LogP contribution in [0.4, 0.5) is 0 Å². The van der Waals surface area contributed by atoms with Crippen LogP contribution in [-0.2, 0) is 10.1 Å². The average Bonchev–Trinajstić information content (AvgIpc) is 1.96. The Labute approximate surface area is 72.5 Å². The Hall–Kier alpha value is -0.170. The van der Waals surface area contributed by atoms with Crippen LogP contribution in [0.2, 0.25) is 0 Å². The molecular weight excluding hydrogens is 182 g/mol. The molecule has 1 atom stereocenters. The molecule has 74 valence electrons. The van der Waals surface area contributed by atoms with Crippen molar-refractivity contribution < 1.29 is 18.1 Å². The van der Waals surface area contributed by atoms with E-state index < -0.39 is 15.6 Å². The van der Waals surface area contributed by atoms with Gasteiger partial charge < -0.3 is 10.4 Å². The predicted octanol–water partition coefficient (Wildman–Crippen LogP) is -0.418. The van der Waals surface area contributed by atoms with Gasteiger partial charge in [0.05, 0.1) is 0 Å². The molecule has 0 aromatic rings. The molecule has 0 aromatic heterocycles. The monoisotopic (exact) mass is 197 g/mol. The Kier molecular flexibility index (Phi) is 5.39. The predicted molar refractivity (Wildman–Crippen MR) is 45.3 cm³/mol. The molecule has 0 radical (unpaired) electrons. The van der Waals surface area contributed by atoms with Crippen molar-refractivity contribution in [2.24, 2.45) is 0 Å². The van der Waals surface area contributed by atoms with Crippen LogP contribution in [0.1, 0.15) is 19.8 Å². The fourth-order valence-electron chi connectivity index (χ4n) is 0.676. The number of hydrogen-bond acceptors (Lipinski definition) is 4. The van der Waals surface area contributed by atoms with Crippen molar-refractivity contribution in [3.8, 4) is 0 Å². The largest absolute Gasteiger partial charge is 0.375 e. The fourth-order valence-corrected chi connectivity index (χ4v) is 1.09. The summed E-state index contributed by atoms with van der Waals surface area (Å²) in [5.41, 5.74) is -1.66. The molecule has 0 heterocycles. The number of aliphatic hydroxyl groups is 1. The maximum Gasteiger partial charge on any atom is 0.292 e. The summed E-state index contributed by atoms with van der Waals surface area (Å²) in [7, 11) is -4.27. The molecule has 3 N–H and O–H groups in total. The molecular formula is C6H15NO4S. The van der Waals surface area contributed by atoms with Gasteiger partial charge in [0, 0.05) is 6.42 Å². The average molecular weight is 197 g/mol. The summed E-state index contributed by atoms with van der Waals surface area (Å²) in [5, 5.41) is 11.7. The number of hydrogen-bond donors (Lipinski definition) is 3. The van der Waals surface area contributed by atoms with E-state index in [4.69, 9.17) is 9.66 Å². The van der Waals surface area contributed by atoms with Crippen LogP contribution in [0.3, 0.4) is 0 Å². The molecule has 0 amide bonds. The zero-order valence-corrected chi connectivity index (χ0v) is 7.84. The quantitative estimate of drug-likeness (QED) is 0.398. The maximum absolute atomic E-state index is 10.3. The molecule has 0 fully saturated rings. The lowest BCUT2D eigenvalue weighted by Gasteiger charge is -2.06. The summed E-state index contributed by atoms with van der Waals surface area (Å²) in [5.74, 6) is 0. The third kappa shape index (κ3) is 5.48. The zero-order valence-electron chi connectivity index (χ0n) is 7.02. The van der Waals surface area contributed by atoms with E-state index in [0.29, 0.717) is 6.54 Å². The lowest BCUT2D eigenvalue weighted by molar-refractivity contribution is 0.222. The molecule has 0 aromatic carbocycles. The number of rotatable bonds is 6. The van der Waals surface area contributed by atoms with E-state index in [0.717, 1.165) is 13.0 Å². The number of aliphatic hydroxyl groups excluding tert-OH is 1. The van der Waals surface area contributed by atoms with Gasteiger partial charge in [-0.05, 0) is 19.5 Å². The van der Waals surface area contributed by atoms with Gasteiger partial charge >= 0.3 is 0 Å². The second-order valence-electron chi connectivity index (χ2n) is 2.51. The number of nitrogens with one attached hydrogen (secondary N) is 1. The van der Waals surface area contributed by atoms with Crippen LogP contribution in [0.25, 0.3) is 0 Å². The Morgan fingerprint density at radius 3 is 2.42 bits per heavy atom. The van der Waals surface area contributed by atoms with Crippen LogP contribution >= 0.6 is 0 Å². The van der Waals surface area contributed by atoms with E-state index in [1.165, 1.54) is 0 Å². The highest BCUT2D eigenvalue weighted by molar-refractivity contribution is 7.86. The SMILES string of the molecule is CCCNCCC(O)S(=O)(=O)O.